The van der Waals surface area contributed by atoms with Crippen LogP contribution in [-0.2, 0) is 0 Å². The topological polar surface area (TPSA) is 55.1 Å². The lowest BCUT2D eigenvalue weighted by atomic mass is 10.1. The van der Waals surface area contributed by atoms with E-state index in [9.17, 15) is 4.79 Å². The lowest BCUT2D eigenvalue weighted by Gasteiger charge is -2.05. The highest BCUT2D eigenvalue weighted by atomic mass is 16.1. The molecule has 1 rings (SSSR count). The summed E-state index contributed by atoms with van der Waals surface area (Å²) in [7, 11) is 0. The Bertz CT molecular complexity index is 334. The summed E-state index contributed by atoms with van der Waals surface area (Å²) < 4.78 is 0. The van der Waals surface area contributed by atoms with Crippen molar-refractivity contribution in [2.75, 3.05) is 12.3 Å². The number of nitrogens with one attached hydrogen (secondary N) is 1. The number of anilines is 1. The van der Waals surface area contributed by atoms with Gasteiger partial charge in [0, 0.05) is 17.8 Å². The molecule has 3 N–H and O–H groups in total. The largest absolute Gasteiger partial charge is 0.399 e. The van der Waals surface area contributed by atoms with Gasteiger partial charge in [0.2, 0.25) is 0 Å². The van der Waals surface area contributed by atoms with Crippen molar-refractivity contribution in [1.82, 2.24) is 5.32 Å². The van der Waals surface area contributed by atoms with Gasteiger partial charge in [0.05, 0.1) is 0 Å². The fourth-order valence-corrected chi connectivity index (χ4v) is 1.16. The van der Waals surface area contributed by atoms with E-state index in [0.29, 0.717) is 12.1 Å². The van der Waals surface area contributed by atoms with E-state index in [0.717, 1.165) is 17.7 Å². The SMILES string of the molecule is CCCNC(=O)c1ccc(N)c(C)c1. The Balaban J connectivity index is 2.76. The summed E-state index contributed by atoms with van der Waals surface area (Å²) in [5.41, 5.74) is 7.99. The van der Waals surface area contributed by atoms with E-state index in [1.165, 1.54) is 0 Å². The highest BCUT2D eigenvalue weighted by Crippen LogP contribution is 2.12. The molecular weight excluding hydrogens is 176 g/mol. The summed E-state index contributed by atoms with van der Waals surface area (Å²) in [5.74, 6) is -0.0325. The molecule has 0 aliphatic carbocycles. The number of nitrogen functional groups attached to an aromatic ring is 1. The summed E-state index contributed by atoms with van der Waals surface area (Å²) >= 11 is 0. The van der Waals surface area contributed by atoms with Crippen LogP contribution in [0.25, 0.3) is 0 Å². The molecule has 0 radical (unpaired) electrons. The molecule has 0 aromatic heterocycles. The zero-order valence-corrected chi connectivity index (χ0v) is 8.63. The third-order valence-electron chi connectivity index (χ3n) is 2.07. The molecule has 0 spiro atoms. The van der Waals surface area contributed by atoms with Crippen LogP contribution in [-0.4, -0.2) is 12.5 Å². The van der Waals surface area contributed by atoms with Gasteiger partial charge in [0.25, 0.3) is 5.91 Å². The quantitative estimate of drug-likeness (QED) is 0.716. The molecule has 1 amide bonds. The second-order valence-electron chi connectivity index (χ2n) is 3.33. The highest BCUT2D eigenvalue weighted by Gasteiger charge is 2.04. The van der Waals surface area contributed by atoms with Gasteiger partial charge in [-0.05, 0) is 37.1 Å². The number of rotatable bonds is 3. The number of carbonyl (C=O) groups is 1. The minimum Gasteiger partial charge on any atom is -0.399 e. The molecule has 0 unspecified atom stereocenters. The van der Waals surface area contributed by atoms with E-state index in [2.05, 4.69) is 5.32 Å². The van der Waals surface area contributed by atoms with Gasteiger partial charge in [0.1, 0.15) is 0 Å². The Morgan fingerprint density at radius 1 is 1.50 bits per heavy atom. The first kappa shape index (κ1) is 10.6. The number of nitrogens with two attached hydrogens (primary N) is 1. The zero-order valence-electron chi connectivity index (χ0n) is 8.63. The maximum atomic E-state index is 11.5. The van der Waals surface area contributed by atoms with Crippen molar-refractivity contribution < 1.29 is 4.79 Å². The predicted octanol–water partition coefficient (Wildman–Crippen LogP) is 1.72. The van der Waals surface area contributed by atoms with Gasteiger partial charge in [-0.15, -0.1) is 0 Å². The number of carbonyl (C=O) groups excluding carboxylic acids is 1. The summed E-state index contributed by atoms with van der Waals surface area (Å²) in [6.07, 6.45) is 0.944. The van der Waals surface area contributed by atoms with Crippen molar-refractivity contribution in [3.63, 3.8) is 0 Å². The molecule has 0 heterocycles. The lowest BCUT2D eigenvalue weighted by molar-refractivity contribution is 0.0953. The van der Waals surface area contributed by atoms with Crippen LogP contribution < -0.4 is 11.1 Å². The fourth-order valence-electron chi connectivity index (χ4n) is 1.16. The number of aryl methyl sites for hydroxylation is 1. The van der Waals surface area contributed by atoms with Crippen LogP contribution in [0.1, 0.15) is 29.3 Å². The van der Waals surface area contributed by atoms with Crippen molar-refractivity contribution in [1.29, 1.82) is 0 Å². The molecule has 0 saturated heterocycles. The van der Waals surface area contributed by atoms with Crippen LogP contribution in [0.4, 0.5) is 5.69 Å². The maximum Gasteiger partial charge on any atom is 0.251 e. The van der Waals surface area contributed by atoms with Crippen LogP contribution in [0.15, 0.2) is 18.2 Å². The lowest BCUT2D eigenvalue weighted by Crippen LogP contribution is -2.24. The average Bonchev–Trinajstić information content (AvgIpc) is 2.18. The molecule has 0 atom stereocenters. The molecule has 1 aromatic carbocycles. The van der Waals surface area contributed by atoms with Crippen LogP contribution in [0.3, 0.4) is 0 Å². The standard InChI is InChI=1S/C11H16N2O/c1-3-6-13-11(14)9-4-5-10(12)8(2)7-9/h4-5,7H,3,6,12H2,1-2H3,(H,13,14). The summed E-state index contributed by atoms with van der Waals surface area (Å²) in [6.45, 7) is 4.63. The van der Waals surface area contributed by atoms with Crippen LogP contribution in [0, 0.1) is 6.92 Å². The molecular formula is C11H16N2O. The maximum absolute atomic E-state index is 11.5. The smallest absolute Gasteiger partial charge is 0.251 e. The average molecular weight is 192 g/mol. The first-order chi connectivity index (χ1) is 6.65. The molecule has 14 heavy (non-hydrogen) atoms. The van der Waals surface area contributed by atoms with Gasteiger partial charge < -0.3 is 11.1 Å². The summed E-state index contributed by atoms with van der Waals surface area (Å²) in [6, 6.07) is 5.31. The molecule has 0 aliphatic rings. The number of amides is 1. The fraction of sp³-hybridized carbons (Fsp3) is 0.364. The van der Waals surface area contributed by atoms with E-state index in [1.54, 1.807) is 18.2 Å². The van der Waals surface area contributed by atoms with Gasteiger partial charge in [-0.2, -0.15) is 0 Å². The van der Waals surface area contributed by atoms with Crippen molar-refractivity contribution in [3.8, 4) is 0 Å². The van der Waals surface area contributed by atoms with Gasteiger partial charge >= 0.3 is 0 Å². The molecule has 1 aromatic rings. The molecule has 0 bridgehead atoms. The van der Waals surface area contributed by atoms with Crippen molar-refractivity contribution in [3.05, 3.63) is 29.3 Å². The van der Waals surface area contributed by atoms with Crippen LogP contribution >= 0.6 is 0 Å². The minimum atomic E-state index is -0.0325. The Kier molecular flexibility index (Phi) is 3.51. The highest BCUT2D eigenvalue weighted by molar-refractivity contribution is 5.94. The summed E-state index contributed by atoms with van der Waals surface area (Å²) in [5, 5.41) is 2.82. The second kappa shape index (κ2) is 4.65. The number of hydrogen-bond donors (Lipinski definition) is 2. The van der Waals surface area contributed by atoms with Gasteiger partial charge in [0.15, 0.2) is 0 Å². The molecule has 0 fully saturated rings. The van der Waals surface area contributed by atoms with E-state index < -0.39 is 0 Å². The second-order valence-corrected chi connectivity index (χ2v) is 3.33. The number of benzene rings is 1. The first-order valence-corrected chi connectivity index (χ1v) is 4.79. The van der Waals surface area contributed by atoms with Crippen LogP contribution in [0.5, 0.6) is 0 Å². The normalized spacial score (nSPS) is 9.86. The van der Waals surface area contributed by atoms with E-state index in [1.807, 2.05) is 13.8 Å². The first-order valence-electron chi connectivity index (χ1n) is 4.79. The van der Waals surface area contributed by atoms with Gasteiger partial charge in [-0.1, -0.05) is 6.92 Å². The Hall–Kier alpha value is -1.51. The van der Waals surface area contributed by atoms with Gasteiger partial charge in [-0.3, -0.25) is 4.79 Å². The molecule has 0 saturated carbocycles. The zero-order chi connectivity index (χ0) is 10.6. The van der Waals surface area contributed by atoms with E-state index >= 15 is 0 Å². The monoisotopic (exact) mass is 192 g/mol. The Morgan fingerprint density at radius 2 is 2.21 bits per heavy atom. The third-order valence-corrected chi connectivity index (χ3v) is 2.07. The molecule has 0 aliphatic heterocycles. The van der Waals surface area contributed by atoms with Crippen molar-refractivity contribution in [2.45, 2.75) is 20.3 Å². The Morgan fingerprint density at radius 3 is 2.79 bits per heavy atom. The van der Waals surface area contributed by atoms with Crippen molar-refractivity contribution in [2.24, 2.45) is 0 Å². The minimum absolute atomic E-state index is 0.0325. The predicted molar refractivity (Wildman–Crippen MR) is 58.2 cm³/mol. The van der Waals surface area contributed by atoms with E-state index in [4.69, 9.17) is 5.73 Å². The molecule has 3 nitrogen and oxygen atoms in total. The molecule has 3 heteroatoms. The van der Waals surface area contributed by atoms with Crippen LogP contribution in [0.2, 0.25) is 0 Å². The van der Waals surface area contributed by atoms with E-state index in [-0.39, 0.29) is 5.91 Å². The van der Waals surface area contributed by atoms with Crippen molar-refractivity contribution >= 4 is 11.6 Å². The number of hydrogen-bond acceptors (Lipinski definition) is 2. The Labute approximate surface area is 84.3 Å². The van der Waals surface area contributed by atoms with Gasteiger partial charge in [-0.25, -0.2) is 0 Å². The molecule has 76 valence electrons. The summed E-state index contributed by atoms with van der Waals surface area (Å²) in [4.78, 5) is 11.5. The third kappa shape index (κ3) is 2.49.